The zero-order valence-electron chi connectivity index (χ0n) is 20.3. The summed E-state index contributed by atoms with van der Waals surface area (Å²) in [5.74, 6) is 0.222. The van der Waals surface area contributed by atoms with E-state index in [0.29, 0.717) is 38.9 Å². The Labute approximate surface area is 228 Å². The highest BCUT2D eigenvalue weighted by Crippen LogP contribution is 2.34. The minimum absolute atomic E-state index is 0.0372. The van der Waals surface area contributed by atoms with Gasteiger partial charge in [0.25, 0.3) is 0 Å². The lowest BCUT2D eigenvalue weighted by Crippen LogP contribution is -2.36. The summed E-state index contributed by atoms with van der Waals surface area (Å²) in [7, 11) is -3.63. The highest BCUT2D eigenvalue weighted by molar-refractivity contribution is 7.87. The molecule has 192 valence electrons. The van der Waals surface area contributed by atoms with E-state index in [4.69, 9.17) is 44.7 Å². The highest BCUT2D eigenvalue weighted by Gasteiger charge is 2.24. The van der Waals surface area contributed by atoms with E-state index in [1.54, 1.807) is 35.9 Å². The largest absolute Gasteiger partial charge is 0.382 e. The Morgan fingerprint density at radius 2 is 1.83 bits per heavy atom. The third kappa shape index (κ3) is 6.22. The van der Waals surface area contributed by atoms with Gasteiger partial charge in [0.2, 0.25) is 0 Å². The maximum Gasteiger partial charge on any atom is 0.309 e. The van der Waals surface area contributed by atoms with Gasteiger partial charge in [0, 0.05) is 22.2 Å². The fourth-order valence-electron chi connectivity index (χ4n) is 4.49. The van der Waals surface area contributed by atoms with Crippen LogP contribution in [0.3, 0.4) is 0 Å². The van der Waals surface area contributed by atoms with Crippen LogP contribution in [0.15, 0.2) is 42.5 Å². The fraction of sp³-hybridized carbons (Fsp3) is 0.385. The van der Waals surface area contributed by atoms with Gasteiger partial charge >= 0.3 is 10.1 Å². The average Bonchev–Trinajstić information content (AvgIpc) is 3.17. The predicted octanol–water partition coefficient (Wildman–Crippen LogP) is 6.87. The second-order valence-electron chi connectivity index (χ2n) is 9.01. The monoisotopic (exact) mass is 565 g/mol. The zero-order valence-corrected chi connectivity index (χ0v) is 23.4. The lowest BCUT2D eigenvalue weighted by atomic mass is 9.95. The van der Waals surface area contributed by atoms with E-state index in [1.165, 1.54) is 19.3 Å². The SMILES string of the molecule is CCCS(=O)(=O)Oc1ccc(-c2c(C)c(C(=S)NC3CCCCC3)nn2-c2ccc(Cl)cc2Cl)cc1. The molecule has 1 aliphatic carbocycles. The summed E-state index contributed by atoms with van der Waals surface area (Å²) in [6, 6.07) is 12.5. The molecule has 1 saturated carbocycles. The second-order valence-corrected chi connectivity index (χ2v) is 11.9. The standard InChI is InChI=1S/C26H29Cl2N3O3S2/c1-3-15-36(32,33)34-21-12-9-18(10-13-21)25-17(2)24(26(35)29-20-7-5-4-6-8-20)30-31(25)23-14-11-19(27)16-22(23)28/h9-14,16,20H,3-8,15H2,1-2H3,(H,29,35). The molecular weight excluding hydrogens is 537 g/mol. The van der Waals surface area contributed by atoms with Crippen molar-refractivity contribution in [1.29, 1.82) is 0 Å². The van der Waals surface area contributed by atoms with Crippen molar-refractivity contribution in [1.82, 2.24) is 15.1 Å². The third-order valence-corrected chi connectivity index (χ3v) is 8.42. The Bertz CT molecular complexity index is 1350. The van der Waals surface area contributed by atoms with Crippen molar-refractivity contribution in [3.05, 3.63) is 63.8 Å². The molecule has 10 heteroatoms. The molecule has 0 aliphatic heterocycles. The molecule has 2 aromatic carbocycles. The number of benzene rings is 2. The van der Waals surface area contributed by atoms with Gasteiger partial charge in [0.05, 0.1) is 22.2 Å². The third-order valence-electron chi connectivity index (χ3n) is 6.22. The molecule has 1 fully saturated rings. The molecule has 0 amide bonds. The first-order valence-electron chi connectivity index (χ1n) is 12.1. The van der Waals surface area contributed by atoms with Crippen molar-refractivity contribution in [2.75, 3.05) is 5.75 Å². The van der Waals surface area contributed by atoms with Gasteiger partial charge in [0.15, 0.2) is 0 Å². The number of thiocarbonyl (C=S) groups is 1. The molecule has 0 bridgehead atoms. The Balaban J connectivity index is 1.74. The van der Waals surface area contributed by atoms with E-state index in [2.05, 4.69) is 5.32 Å². The summed E-state index contributed by atoms with van der Waals surface area (Å²) >= 11 is 18.5. The number of nitrogens with one attached hydrogen (secondary N) is 1. The van der Waals surface area contributed by atoms with Crippen LogP contribution in [0.4, 0.5) is 0 Å². The van der Waals surface area contributed by atoms with E-state index in [1.807, 2.05) is 25.1 Å². The van der Waals surface area contributed by atoms with E-state index in [-0.39, 0.29) is 11.5 Å². The fourth-order valence-corrected chi connectivity index (χ4v) is 6.32. The normalized spacial score (nSPS) is 14.6. The van der Waals surface area contributed by atoms with Crippen LogP contribution in [0, 0.1) is 6.92 Å². The van der Waals surface area contributed by atoms with Crippen LogP contribution in [0.1, 0.15) is 56.7 Å². The molecule has 0 atom stereocenters. The summed E-state index contributed by atoms with van der Waals surface area (Å²) in [5.41, 5.74) is 3.85. The average molecular weight is 567 g/mol. The smallest absolute Gasteiger partial charge is 0.309 e. The van der Waals surface area contributed by atoms with Crippen molar-refractivity contribution >= 4 is 50.5 Å². The number of rotatable bonds is 8. The first kappa shape index (κ1) is 26.9. The van der Waals surface area contributed by atoms with Crippen LogP contribution >= 0.6 is 35.4 Å². The number of nitrogens with zero attached hydrogens (tertiary/aromatic N) is 2. The van der Waals surface area contributed by atoms with Crippen molar-refractivity contribution in [3.8, 4) is 22.7 Å². The number of hydrogen-bond donors (Lipinski definition) is 1. The maximum atomic E-state index is 12.1. The van der Waals surface area contributed by atoms with Gasteiger partial charge in [-0.05, 0) is 68.7 Å². The van der Waals surface area contributed by atoms with Crippen molar-refractivity contribution < 1.29 is 12.6 Å². The van der Waals surface area contributed by atoms with E-state index >= 15 is 0 Å². The quantitative estimate of drug-likeness (QED) is 0.237. The summed E-state index contributed by atoms with van der Waals surface area (Å²) in [4.78, 5) is 0.607. The number of halogens is 2. The molecule has 1 N–H and O–H groups in total. The second kappa shape index (κ2) is 11.5. The molecule has 1 aromatic heterocycles. The van der Waals surface area contributed by atoms with Gasteiger partial charge in [-0.2, -0.15) is 13.5 Å². The zero-order chi connectivity index (χ0) is 25.9. The van der Waals surface area contributed by atoms with Gasteiger partial charge in [-0.15, -0.1) is 0 Å². The van der Waals surface area contributed by atoms with E-state index < -0.39 is 10.1 Å². The molecule has 0 saturated heterocycles. The van der Waals surface area contributed by atoms with Crippen molar-refractivity contribution in [2.24, 2.45) is 0 Å². The van der Waals surface area contributed by atoms with Gasteiger partial charge in [-0.3, -0.25) is 0 Å². The van der Waals surface area contributed by atoms with E-state index in [9.17, 15) is 8.42 Å². The van der Waals surface area contributed by atoms with Gasteiger partial charge in [0.1, 0.15) is 16.4 Å². The summed E-state index contributed by atoms with van der Waals surface area (Å²) in [5, 5.41) is 9.36. The molecule has 1 heterocycles. The Morgan fingerprint density at radius 1 is 1.14 bits per heavy atom. The van der Waals surface area contributed by atoms with Gasteiger partial charge < -0.3 is 9.50 Å². The number of aromatic nitrogens is 2. The minimum Gasteiger partial charge on any atom is -0.382 e. The maximum absolute atomic E-state index is 12.1. The first-order chi connectivity index (χ1) is 17.2. The van der Waals surface area contributed by atoms with Crippen LogP contribution in [0.2, 0.25) is 10.0 Å². The number of hydrogen-bond acceptors (Lipinski definition) is 5. The Kier molecular flexibility index (Phi) is 8.60. The molecule has 0 radical (unpaired) electrons. The molecule has 3 aromatic rings. The lowest BCUT2D eigenvalue weighted by molar-refractivity contribution is 0.415. The van der Waals surface area contributed by atoms with E-state index in [0.717, 1.165) is 29.7 Å². The molecule has 0 spiro atoms. The first-order valence-corrected chi connectivity index (χ1v) is 14.8. The lowest BCUT2D eigenvalue weighted by Gasteiger charge is -2.23. The molecular formula is C26H29Cl2N3O3S2. The van der Waals surface area contributed by atoms with Crippen LogP contribution < -0.4 is 9.50 Å². The molecule has 36 heavy (non-hydrogen) atoms. The molecule has 0 unspecified atom stereocenters. The van der Waals surface area contributed by atoms with Crippen LogP contribution in [0.5, 0.6) is 5.75 Å². The van der Waals surface area contributed by atoms with Crippen LogP contribution in [0.25, 0.3) is 16.9 Å². The molecule has 4 rings (SSSR count). The van der Waals surface area contributed by atoms with Crippen LogP contribution in [-0.4, -0.2) is 35.0 Å². The topological polar surface area (TPSA) is 73.2 Å². The predicted molar refractivity (Wildman–Crippen MR) is 150 cm³/mol. The van der Waals surface area contributed by atoms with Crippen molar-refractivity contribution in [2.45, 2.75) is 58.4 Å². The summed E-state index contributed by atoms with van der Waals surface area (Å²) < 4.78 is 31.1. The Hall–Kier alpha value is -2.13. The van der Waals surface area contributed by atoms with Gasteiger partial charge in [-0.1, -0.05) is 61.6 Å². The van der Waals surface area contributed by atoms with Gasteiger partial charge in [-0.25, -0.2) is 4.68 Å². The Morgan fingerprint density at radius 3 is 2.47 bits per heavy atom. The molecule has 1 aliphatic rings. The summed E-state index contributed by atoms with van der Waals surface area (Å²) in [6.07, 6.45) is 6.33. The van der Waals surface area contributed by atoms with Crippen LogP contribution in [-0.2, 0) is 10.1 Å². The summed E-state index contributed by atoms with van der Waals surface area (Å²) in [6.45, 7) is 3.77. The molecule has 6 nitrogen and oxygen atoms in total. The minimum atomic E-state index is -3.63. The highest BCUT2D eigenvalue weighted by atomic mass is 35.5. The van der Waals surface area contributed by atoms with Crippen molar-refractivity contribution in [3.63, 3.8) is 0 Å².